The van der Waals surface area contributed by atoms with Crippen LogP contribution in [0.3, 0.4) is 0 Å². The number of piperidine rings is 1. The number of nitrogens with zero attached hydrogens (tertiary/aromatic N) is 2. The molecular weight excluding hydrogens is 180 g/mol. The molecule has 1 amide bonds. The Morgan fingerprint density at radius 3 is 2.93 bits per heavy atom. The second kappa shape index (κ2) is 5.20. The van der Waals surface area contributed by atoms with Crippen LogP contribution < -0.4 is 0 Å². The average Bonchev–Trinajstić information content (AvgIpc) is 2.16. The first-order valence-electron chi connectivity index (χ1n) is 5.11. The number of likely N-dealkylation sites (tertiary alicyclic amines) is 1. The highest BCUT2D eigenvalue weighted by atomic mass is 16.5. The van der Waals surface area contributed by atoms with Gasteiger partial charge in [-0.05, 0) is 32.4 Å². The fraction of sp³-hybridized carbons (Fsp3) is 0.900. The van der Waals surface area contributed by atoms with E-state index >= 15 is 0 Å². The predicted molar refractivity (Wildman–Crippen MR) is 55.3 cm³/mol. The van der Waals surface area contributed by atoms with Gasteiger partial charge in [0.1, 0.15) is 0 Å². The molecule has 82 valence electrons. The summed E-state index contributed by atoms with van der Waals surface area (Å²) in [5.74, 6) is 0.595. The Morgan fingerprint density at radius 1 is 1.64 bits per heavy atom. The quantitative estimate of drug-likeness (QED) is 0.667. The van der Waals surface area contributed by atoms with Crippen molar-refractivity contribution in [3.05, 3.63) is 0 Å². The molecule has 0 radical (unpaired) electrons. The summed E-state index contributed by atoms with van der Waals surface area (Å²) in [5, 5.41) is 0. The van der Waals surface area contributed by atoms with E-state index in [1.807, 2.05) is 0 Å². The SMILES string of the molecule is COC(=O)N(C)CC1CCCN(C)C1. The molecule has 0 aromatic rings. The number of methoxy groups -OCH3 is 1. The van der Waals surface area contributed by atoms with E-state index < -0.39 is 0 Å². The van der Waals surface area contributed by atoms with Crippen molar-refractivity contribution in [1.82, 2.24) is 9.80 Å². The number of carbonyl (C=O) groups excluding carboxylic acids is 1. The standard InChI is InChI=1S/C10H20N2O2/c1-11-6-4-5-9(7-11)8-12(2)10(13)14-3/h9H,4-8H2,1-3H3. The van der Waals surface area contributed by atoms with Crippen LogP contribution in [-0.4, -0.2) is 56.7 Å². The molecule has 4 heteroatoms. The topological polar surface area (TPSA) is 32.8 Å². The Balaban J connectivity index is 2.32. The van der Waals surface area contributed by atoms with Gasteiger partial charge in [-0.2, -0.15) is 0 Å². The molecule has 1 unspecified atom stereocenters. The molecule has 0 aromatic heterocycles. The molecule has 0 aliphatic carbocycles. The summed E-state index contributed by atoms with van der Waals surface area (Å²) in [5.41, 5.74) is 0. The first kappa shape index (κ1) is 11.3. The van der Waals surface area contributed by atoms with Crippen molar-refractivity contribution in [1.29, 1.82) is 0 Å². The Kier molecular flexibility index (Phi) is 4.20. The minimum absolute atomic E-state index is 0.238. The zero-order valence-corrected chi connectivity index (χ0v) is 9.32. The lowest BCUT2D eigenvalue weighted by Gasteiger charge is -2.31. The highest BCUT2D eigenvalue weighted by molar-refractivity contribution is 5.66. The fourth-order valence-corrected chi connectivity index (χ4v) is 2.04. The van der Waals surface area contributed by atoms with Crippen LogP contribution in [-0.2, 0) is 4.74 Å². The van der Waals surface area contributed by atoms with E-state index in [4.69, 9.17) is 0 Å². The van der Waals surface area contributed by atoms with Crippen LogP contribution in [0.5, 0.6) is 0 Å². The highest BCUT2D eigenvalue weighted by Gasteiger charge is 2.20. The lowest BCUT2D eigenvalue weighted by Crippen LogP contribution is -2.39. The van der Waals surface area contributed by atoms with Crippen molar-refractivity contribution in [2.45, 2.75) is 12.8 Å². The average molecular weight is 200 g/mol. The molecule has 1 aliphatic rings. The van der Waals surface area contributed by atoms with Crippen LogP contribution in [0, 0.1) is 5.92 Å². The minimum atomic E-state index is -0.238. The number of amides is 1. The van der Waals surface area contributed by atoms with Crippen molar-refractivity contribution >= 4 is 6.09 Å². The number of carbonyl (C=O) groups is 1. The summed E-state index contributed by atoms with van der Waals surface area (Å²) in [6, 6.07) is 0. The third-order valence-corrected chi connectivity index (χ3v) is 2.74. The Morgan fingerprint density at radius 2 is 2.36 bits per heavy atom. The molecule has 0 bridgehead atoms. The van der Waals surface area contributed by atoms with Crippen LogP contribution in [0.25, 0.3) is 0 Å². The van der Waals surface area contributed by atoms with Gasteiger partial charge in [0.25, 0.3) is 0 Å². The van der Waals surface area contributed by atoms with E-state index in [9.17, 15) is 4.79 Å². The second-order valence-corrected chi connectivity index (χ2v) is 4.12. The van der Waals surface area contributed by atoms with Crippen LogP contribution in [0.4, 0.5) is 4.79 Å². The first-order chi connectivity index (χ1) is 6.63. The maximum absolute atomic E-state index is 11.2. The number of ether oxygens (including phenoxy) is 1. The van der Waals surface area contributed by atoms with Gasteiger partial charge in [-0.1, -0.05) is 0 Å². The van der Waals surface area contributed by atoms with Crippen molar-refractivity contribution in [2.75, 3.05) is 40.8 Å². The highest BCUT2D eigenvalue weighted by Crippen LogP contribution is 2.15. The molecule has 0 N–H and O–H groups in total. The summed E-state index contributed by atoms with van der Waals surface area (Å²) >= 11 is 0. The second-order valence-electron chi connectivity index (χ2n) is 4.12. The van der Waals surface area contributed by atoms with Crippen molar-refractivity contribution in [2.24, 2.45) is 5.92 Å². The normalized spacial score (nSPS) is 23.2. The molecule has 0 spiro atoms. The van der Waals surface area contributed by atoms with Gasteiger partial charge in [0.15, 0.2) is 0 Å². The van der Waals surface area contributed by atoms with Gasteiger partial charge in [-0.15, -0.1) is 0 Å². The molecule has 1 heterocycles. The zero-order chi connectivity index (χ0) is 10.6. The molecule has 1 atom stereocenters. The summed E-state index contributed by atoms with van der Waals surface area (Å²) in [6.07, 6.45) is 2.21. The van der Waals surface area contributed by atoms with Crippen molar-refractivity contribution in [3.8, 4) is 0 Å². The molecule has 1 aliphatic heterocycles. The van der Waals surface area contributed by atoms with Crippen molar-refractivity contribution in [3.63, 3.8) is 0 Å². The van der Waals surface area contributed by atoms with E-state index in [0.29, 0.717) is 5.92 Å². The van der Waals surface area contributed by atoms with Crippen LogP contribution in [0.2, 0.25) is 0 Å². The van der Waals surface area contributed by atoms with E-state index in [1.54, 1.807) is 11.9 Å². The molecular formula is C10H20N2O2. The van der Waals surface area contributed by atoms with E-state index in [-0.39, 0.29) is 6.09 Å². The smallest absolute Gasteiger partial charge is 0.409 e. The monoisotopic (exact) mass is 200 g/mol. The maximum Gasteiger partial charge on any atom is 0.409 e. The van der Waals surface area contributed by atoms with Crippen LogP contribution in [0.1, 0.15) is 12.8 Å². The molecule has 0 saturated carbocycles. The van der Waals surface area contributed by atoms with Crippen LogP contribution in [0.15, 0.2) is 0 Å². The van der Waals surface area contributed by atoms with E-state index in [2.05, 4.69) is 16.7 Å². The Hall–Kier alpha value is -0.770. The third-order valence-electron chi connectivity index (χ3n) is 2.74. The van der Waals surface area contributed by atoms with Gasteiger partial charge >= 0.3 is 6.09 Å². The number of hydrogen-bond donors (Lipinski definition) is 0. The molecule has 1 fully saturated rings. The lowest BCUT2D eigenvalue weighted by molar-refractivity contribution is 0.114. The Labute approximate surface area is 85.8 Å². The third kappa shape index (κ3) is 3.18. The van der Waals surface area contributed by atoms with Crippen molar-refractivity contribution < 1.29 is 9.53 Å². The minimum Gasteiger partial charge on any atom is -0.453 e. The van der Waals surface area contributed by atoms with Gasteiger partial charge in [0.05, 0.1) is 7.11 Å². The zero-order valence-electron chi connectivity index (χ0n) is 9.32. The van der Waals surface area contributed by atoms with Gasteiger partial charge in [-0.25, -0.2) is 4.79 Å². The summed E-state index contributed by atoms with van der Waals surface area (Å²) < 4.78 is 4.65. The van der Waals surface area contributed by atoms with E-state index in [1.165, 1.54) is 26.5 Å². The van der Waals surface area contributed by atoms with Gasteiger partial charge < -0.3 is 14.5 Å². The molecule has 1 saturated heterocycles. The molecule has 0 aromatic carbocycles. The lowest BCUT2D eigenvalue weighted by atomic mass is 9.98. The molecule has 14 heavy (non-hydrogen) atoms. The van der Waals surface area contributed by atoms with Gasteiger partial charge in [0.2, 0.25) is 0 Å². The van der Waals surface area contributed by atoms with Gasteiger partial charge in [-0.3, -0.25) is 0 Å². The first-order valence-corrected chi connectivity index (χ1v) is 5.11. The molecule has 4 nitrogen and oxygen atoms in total. The summed E-state index contributed by atoms with van der Waals surface area (Å²) in [4.78, 5) is 15.1. The molecule has 1 rings (SSSR count). The largest absolute Gasteiger partial charge is 0.453 e. The number of hydrogen-bond acceptors (Lipinski definition) is 3. The van der Waals surface area contributed by atoms with E-state index in [0.717, 1.165) is 13.1 Å². The summed E-state index contributed by atoms with van der Waals surface area (Å²) in [6.45, 7) is 3.07. The number of rotatable bonds is 2. The Bertz CT molecular complexity index is 197. The predicted octanol–water partition coefficient (Wildman–Crippen LogP) is 1.03. The maximum atomic E-state index is 11.2. The fourth-order valence-electron chi connectivity index (χ4n) is 2.04. The van der Waals surface area contributed by atoms with Crippen LogP contribution >= 0.6 is 0 Å². The van der Waals surface area contributed by atoms with Gasteiger partial charge in [0, 0.05) is 20.1 Å². The summed E-state index contributed by atoms with van der Waals surface area (Å²) in [7, 11) is 5.34.